The summed E-state index contributed by atoms with van der Waals surface area (Å²) in [5, 5.41) is 4.13. The molecule has 0 radical (unpaired) electrons. The number of ether oxygens (including phenoxy) is 2. The number of hydrogen-bond donors (Lipinski definition) is 0. The second-order valence-corrected chi connectivity index (χ2v) is 6.20. The van der Waals surface area contributed by atoms with Crippen molar-refractivity contribution in [3.8, 4) is 0 Å². The monoisotopic (exact) mass is 309 g/mol. The van der Waals surface area contributed by atoms with Crippen LogP contribution in [0, 0.1) is 10.8 Å². The van der Waals surface area contributed by atoms with E-state index in [1.54, 1.807) is 0 Å². The van der Waals surface area contributed by atoms with Crippen LogP contribution in [-0.4, -0.2) is 31.4 Å². The van der Waals surface area contributed by atoms with Gasteiger partial charge in [0.2, 0.25) is 5.41 Å². The van der Waals surface area contributed by atoms with Gasteiger partial charge in [0.05, 0.1) is 12.8 Å². The number of carbonyl (C=O) groups excluding carboxylic acids is 2. The molecule has 0 amide bonds. The molecule has 0 aromatic rings. The molecule has 2 aliphatic rings. The molecule has 1 aliphatic carbocycles. The highest BCUT2D eigenvalue weighted by molar-refractivity contribution is 6.21. The van der Waals surface area contributed by atoms with Crippen LogP contribution >= 0.6 is 0 Å². The van der Waals surface area contributed by atoms with Gasteiger partial charge in [-0.2, -0.15) is 0 Å². The van der Waals surface area contributed by atoms with Crippen molar-refractivity contribution in [1.82, 2.24) is 0 Å². The van der Waals surface area contributed by atoms with Crippen LogP contribution in [0.15, 0.2) is 16.5 Å². The third-order valence-corrected chi connectivity index (χ3v) is 4.36. The SMILES string of the molecule is CCCC1=C2/C(=N/OCC)CC(C)(C)[C@]2(C(=O)OC)C(=O)O1. The van der Waals surface area contributed by atoms with E-state index in [0.717, 1.165) is 6.42 Å². The van der Waals surface area contributed by atoms with Crippen molar-refractivity contribution in [3.63, 3.8) is 0 Å². The molecule has 6 nitrogen and oxygen atoms in total. The maximum Gasteiger partial charge on any atom is 0.333 e. The third-order valence-electron chi connectivity index (χ3n) is 4.36. The summed E-state index contributed by atoms with van der Waals surface area (Å²) in [6.07, 6.45) is 1.83. The Labute approximate surface area is 130 Å². The molecule has 0 spiro atoms. The van der Waals surface area contributed by atoms with Crippen molar-refractivity contribution in [3.05, 3.63) is 11.3 Å². The lowest BCUT2D eigenvalue weighted by Gasteiger charge is -2.32. The molecule has 2 rings (SSSR count). The summed E-state index contributed by atoms with van der Waals surface area (Å²) in [7, 11) is 1.29. The number of nitrogens with zero attached hydrogens (tertiary/aromatic N) is 1. The van der Waals surface area contributed by atoms with Gasteiger partial charge >= 0.3 is 11.9 Å². The minimum absolute atomic E-state index is 0.417. The Morgan fingerprint density at radius 1 is 1.36 bits per heavy atom. The van der Waals surface area contributed by atoms with Gasteiger partial charge in [0.1, 0.15) is 12.4 Å². The predicted molar refractivity (Wildman–Crippen MR) is 79.9 cm³/mol. The first-order chi connectivity index (χ1) is 10.4. The number of carbonyl (C=O) groups is 2. The summed E-state index contributed by atoms with van der Waals surface area (Å²) in [5.74, 6) is -0.642. The Kier molecular flexibility index (Phi) is 4.31. The predicted octanol–water partition coefficient (Wildman–Crippen LogP) is 2.58. The van der Waals surface area contributed by atoms with Gasteiger partial charge in [-0.3, -0.25) is 9.59 Å². The zero-order valence-electron chi connectivity index (χ0n) is 13.8. The van der Waals surface area contributed by atoms with Gasteiger partial charge in [-0.15, -0.1) is 0 Å². The van der Waals surface area contributed by atoms with Crippen molar-refractivity contribution in [1.29, 1.82) is 0 Å². The van der Waals surface area contributed by atoms with Crippen molar-refractivity contribution in [2.45, 2.75) is 47.0 Å². The van der Waals surface area contributed by atoms with Crippen molar-refractivity contribution >= 4 is 17.7 Å². The van der Waals surface area contributed by atoms with Gasteiger partial charge in [0.15, 0.2) is 0 Å². The molecule has 0 aromatic carbocycles. The van der Waals surface area contributed by atoms with E-state index in [-0.39, 0.29) is 0 Å². The molecule has 1 saturated carbocycles. The van der Waals surface area contributed by atoms with Crippen LogP contribution in [0.2, 0.25) is 0 Å². The van der Waals surface area contributed by atoms with E-state index in [2.05, 4.69) is 5.16 Å². The second kappa shape index (κ2) is 5.74. The Hall–Kier alpha value is -1.85. The highest BCUT2D eigenvalue weighted by Gasteiger charge is 2.71. The molecule has 0 saturated heterocycles. The molecular weight excluding hydrogens is 286 g/mol. The normalized spacial score (nSPS) is 27.9. The molecule has 0 unspecified atom stereocenters. The molecule has 6 heteroatoms. The number of hydrogen-bond acceptors (Lipinski definition) is 6. The maximum atomic E-state index is 12.6. The van der Waals surface area contributed by atoms with Crippen LogP contribution in [0.3, 0.4) is 0 Å². The van der Waals surface area contributed by atoms with Crippen LogP contribution in [0.1, 0.15) is 47.0 Å². The zero-order chi connectivity index (χ0) is 16.5. The lowest BCUT2D eigenvalue weighted by atomic mass is 9.66. The number of allylic oxidation sites excluding steroid dienone is 1. The van der Waals surface area contributed by atoms with Crippen molar-refractivity contribution in [2.24, 2.45) is 16.0 Å². The molecule has 0 aromatic heterocycles. The Bertz CT molecular complexity index is 561. The Balaban J connectivity index is 2.69. The van der Waals surface area contributed by atoms with E-state index in [4.69, 9.17) is 14.3 Å². The smallest absolute Gasteiger partial charge is 0.333 e. The van der Waals surface area contributed by atoms with Crippen molar-refractivity contribution < 1.29 is 23.9 Å². The topological polar surface area (TPSA) is 74.2 Å². The summed E-state index contributed by atoms with van der Waals surface area (Å²) in [6.45, 7) is 7.94. The number of rotatable bonds is 5. The van der Waals surface area contributed by atoms with Crippen LogP contribution in [0.25, 0.3) is 0 Å². The summed E-state index contributed by atoms with van der Waals surface area (Å²) in [6, 6.07) is 0. The highest BCUT2D eigenvalue weighted by atomic mass is 16.6. The molecular formula is C16H23NO5. The molecule has 0 N–H and O–H groups in total. The summed E-state index contributed by atoms with van der Waals surface area (Å²) in [5.41, 5.74) is -0.976. The first-order valence-electron chi connectivity index (χ1n) is 7.60. The molecule has 1 heterocycles. The molecule has 1 fully saturated rings. The molecule has 0 bridgehead atoms. The van der Waals surface area contributed by atoms with Crippen LogP contribution in [-0.2, 0) is 23.9 Å². The van der Waals surface area contributed by atoms with Gasteiger partial charge in [-0.05, 0) is 13.3 Å². The second-order valence-electron chi connectivity index (χ2n) is 6.20. The standard InChI is InChI=1S/C16H23NO5/c1-6-8-11-12-10(17-21-7-2)9-15(3,4)16(12,13(18)20-5)14(19)22-11/h6-9H2,1-5H3/b17-10+/t16-/m1/s1. The summed E-state index contributed by atoms with van der Waals surface area (Å²) in [4.78, 5) is 30.4. The van der Waals surface area contributed by atoms with E-state index < -0.39 is 22.8 Å². The van der Waals surface area contributed by atoms with Gasteiger partial charge in [-0.25, -0.2) is 0 Å². The summed E-state index contributed by atoms with van der Waals surface area (Å²) >= 11 is 0. The van der Waals surface area contributed by atoms with Gasteiger partial charge in [0, 0.05) is 23.8 Å². The van der Waals surface area contributed by atoms with Gasteiger partial charge in [-0.1, -0.05) is 25.9 Å². The number of fused-ring (bicyclic) bond motifs is 1. The Morgan fingerprint density at radius 3 is 2.59 bits per heavy atom. The van der Waals surface area contributed by atoms with Crippen LogP contribution < -0.4 is 0 Å². The molecule has 1 atom stereocenters. The molecule has 1 aliphatic heterocycles. The first-order valence-corrected chi connectivity index (χ1v) is 7.60. The summed E-state index contributed by atoms with van der Waals surface area (Å²) < 4.78 is 10.4. The quantitative estimate of drug-likeness (QED) is 0.443. The van der Waals surface area contributed by atoms with E-state index >= 15 is 0 Å². The largest absolute Gasteiger partial charge is 0.468 e. The van der Waals surface area contributed by atoms with Gasteiger partial charge in [0.25, 0.3) is 0 Å². The molecule has 122 valence electrons. The fourth-order valence-electron chi connectivity index (χ4n) is 3.42. The first kappa shape index (κ1) is 16.5. The Morgan fingerprint density at radius 2 is 2.05 bits per heavy atom. The number of esters is 2. The number of methoxy groups -OCH3 is 1. The van der Waals surface area contributed by atoms with E-state index in [1.165, 1.54) is 7.11 Å². The average Bonchev–Trinajstić information content (AvgIpc) is 2.89. The van der Waals surface area contributed by atoms with Crippen LogP contribution in [0.4, 0.5) is 0 Å². The van der Waals surface area contributed by atoms with E-state index in [1.807, 2.05) is 27.7 Å². The van der Waals surface area contributed by atoms with Gasteiger partial charge < -0.3 is 14.3 Å². The highest BCUT2D eigenvalue weighted by Crippen LogP contribution is 2.60. The average molecular weight is 309 g/mol. The van der Waals surface area contributed by atoms with E-state index in [9.17, 15) is 9.59 Å². The zero-order valence-corrected chi connectivity index (χ0v) is 13.8. The van der Waals surface area contributed by atoms with Crippen molar-refractivity contribution in [2.75, 3.05) is 13.7 Å². The minimum atomic E-state index is -1.44. The molecule has 22 heavy (non-hydrogen) atoms. The fourth-order valence-corrected chi connectivity index (χ4v) is 3.42. The van der Waals surface area contributed by atoms with Crippen LogP contribution in [0.5, 0.6) is 0 Å². The third kappa shape index (κ3) is 2.04. The lowest BCUT2D eigenvalue weighted by molar-refractivity contribution is -0.168. The van der Waals surface area contributed by atoms with E-state index in [0.29, 0.717) is 36.5 Å². The minimum Gasteiger partial charge on any atom is -0.468 e. The maximum absolute atomic E-state index is 12.6. The number of cyclic esters (lactones) is 1. The fraction of sp³-hybridized carbons (Fsp3) is 0.688. The lowest BCUT2D eigenvalue weighted by Crippen LogP contribution is -2.47. The number of oxime groups is 1.